The minimum Gasteiger partial charge on any atom is -0.465 e. The first-order chi connectivity index (χ1) is 9.36. The molecule has 0 bridgehead atoms. The van der Waals surface area contributed by atoms with E-state index in [4.69, 9.17) is 10.5 Å². The van der Waals surface area contributed by atoms with Crippen molar-refractivity contribution in [2.45, 2.75) is 33.2 Å². The zero-order valence-electron chi connectivity index (χ0n) is 12.4. The zero-order valence-corrected chi connectivity index (χ0v) is 12.4. The van der Waals surface area contributed by atoms with Crippen molar-refractivity contribution in [3.63, 3.8) is 0 Å². The average molecular weight is 278 g/mol. The van der Waals surface area contributed by atoms with Crippen molar-refractivity contribution in [1.82, 2.24) is 0 Å². The number of amides is 1. The molecule has 0 unspecified atom stereocenters. The Morgan fingerprint density at radius 2 is 2.00 bits per heavy atom. The molecule has 0 aliphatic carbocycles. The molecule has 0 radical (unpaired) electrons. The molecule has 1 amide bonds. The molecule has 0 spiro atoms. The van der Waals surface area contributed by atoms with Gasteiger partial charge >= 0.3 is 5.97 Å². The van der Waals surface area contributed by atoms with Crippen LogP contribution in [0.1, 0.15) is 36.2 Å². The molecule has 3 N–H and O–H groups in total. The smallest absolute Gasteiger partial charge is 0.338 e. The highest BCUT2D eigenvalue weighted by molar-refractivity contribution is 5.98. The third kappa shape index (κ3) is 4.06. The number of hydrogen-bond donors (Lipinski definition) is 2. The van der Waals surface area contributed by atoms with Gasteiger partial charge in [0.05, 0.1) is 18.7 Å². The molecule has 0 aliphatic rings. The Bertz CT molecular complexity index is 498. The van der Waals surface area contributed by atoms with Crippen molar-refractivity contribution in [3.8, 4) is 0 Å². The number of esters is 1. The van der Waals surface area contributed by atoms with Gasteiger partial charge in [0.15, 0.2) is 0 Å². The maximum atomic E-state index is 12.0. The van der Waals surface area contributed by atoms with E-state index in [1.807, 2.05) is 13.8 Å². The van der Waals surface area contributed by atoms with Crippen LogP contribution in [0.5, 0.6) is 0 Å². The first-order valence-electron chi connectivity index (χ1n) is 6.61. The van der Waals surface area contributed by atoms with E-state index < -0.39 is 12.0 Å². The van der Waals surface area contributed by atoms with Gasteiger partial charge in [0.2, 0.25) is 5.91 Å². The third-order valence-electron chi connectivity index (χ3n) is 3.06. The predicted molar refractivity (Wildman–Crippen MR) is 78.6 cm³/mol. The Hall–Kier alpha value is -1.88. The van der Waals surface area contributed by atoms with E-state index >= 15 is 0 Å². The lowest BCUT2D eigenvalue weighted by Crippen LogP contribution is -2.36. The van der Waals surface area contributed by atoms with Gasteiger partial charge in [-0.25, -0.2) is 4.79 Å². The molecule has 5 heteroatoms. The molecule has 0 aliphatic heterocycles. The number of carbonyl (C=O) groups is 2. The monoisotopic (exact) mass is 278 g/mol. The molecular formula is C15H22N2O3. The second kappa shape index (κ2) is 7.05. The number of benzene rings is 1. The SMILES string of the molecule is COC(=O)c1cccc(NC(=O)[C@H](N)CC(C)C)c1C. The average Bonchev–Trinajstić information content (AvgIpc) is 2.39. The first kappa shape index (κ1) is 16.2. The summed E-state index contributed by atoms with van der Waals surface area (Å²) in [6.45, 7) is 5.78. The van der Waals surface area contributed by atoms with Gasteiger partial charge in [0.1, 0.15) is 0 Å². The van der Waals surface area contributed by atoms with Gasteiger partial charge in [0.25, 0.3) is 0 Å². The summed E-state index contributed by atoms with van der Waals surface area (Å²) >= 11 is 0. The van der Waals surface area contributed by atoms with Crippen molar-refractivity contribution in [1.29, 1.82) is 0 Å². The lowest BCUT2D eigenvalue weighted by Gasteiger charge is -2.16. The summed E-state index contributed by atoms with van der Waals surface area (Å²) in [5.74, 6) is -0.327. The lowest BCUT2D eigenvalue weighted by atomic mass is 10.0. The normalized spacial score (nSPS) is 12.1. The Labute approximate surface area is 119 Å². The fourth-order valence-corrected chi connectivity index (χ4v) is 1.94. The fraction of sp³-hybridized carbons (Fsp3) is 0.467. The predicted octanol–water partition coefficient (Wildman–Crippen LogP) is 2.09. The number of nitrogens with two attached hydrogens (primary N) is 1. The fourth-order valence-electron chi connectivity index (χ4n) is 1.94. The molecule has 1 aromatic carbocycles. The lowest BCUT2D eigenvalue weighted by molar-refractivity contribution is -0.117. The molecule has 1 atom stereocenters. The maximum absolute atomic E-state index is 12.0. The van der Waals surface area contributed by atoms with E-state index in [9.17, 15) is 9.59 Å². The molecule has 0 aromatic heterocycles. The summed E-state index contributed by atoms with van der Waals surface area (Å²) in [7, 11) is 1.32. The van der Waals surface area contributed by atoms with E-state index in [2.05, 4.69) is 5.32 Å². The first-order valence-corrected chi connectivity index (χ1v) is 6.61. The number of rotatable bonds is 5. The maximum Gasteiger partial charge on any atom is 0.338 e. The molecule has 0 fully saturated rings. The van der Waals surface area contributed by atoms with Crippen molar-refractivity contribution in [3.05, 3.63) is 29.3 Å². The van der Waals surface area contributed by atoms with Crippen LogP contribution in [0.3, 0.4) is 0 Å². The van der Waals surface area contributed by atoms with Crippen molar-refractivity contribution in [2.24, 2.45) is 11.7 Å². The van der Waals surface area contributed by atoms with Crippen LogP contribution in [0.4, 0.5) is 5.69 Å². The number of ether oxygens (including phenoxy) is 1. The van der Waals surface area contributed by atoms with Gasteiger partial charge in [-0.1, -0.05) is 19.9 Å². The van der Waals surface area contributed by atoms with Crippen LogP contribution < -0.4 is 11.1 Å². The number of hydrogen-bond acceptors (Lipinski definition) is 4. The largest absolute Gasteiger partial charge is 0.465 e. The van der Waals surface area contributed by atoms with Gasteiger partial charge in [-0.15, -0.1) is 0 Å². The second-order valence-electron chi connectivity index (χ2n) is 5.20. The molecule has 0 saturated heterocycles. The van der Waals surface area contributed by atoms with Crippen LogP contribution in [0.2, 0.25) is 0 Å². The van der Waals surface area contributed by atoms with Gasteiger partial charge in [0, 0.05) is 5.69 Å². The third-order valence-corrected chi connectivity index (χ3v) is 3.06. The van der Waals surface area contributed by atoms with Crippen molar-refractivity contribution < 1.29 is 14.3 Å². The van der Waals surface area contributed by atoms with Crippen LogP contribution in [0.15, 0.2) is 18.2 Å². The van der Waals surface area contributed by atoms with Crippen LogP contribution in [-0.4, -0.2) is 25.0 Å². The molecule has 5 nitrogen and oxygen atoms in total. The quantitative estimate of drug-likeness (QED) is 0.808. The molecule has 20 heavy (non-hydrogen) atoms. The van der Waals surface area contributed by atoms with E-state index in [-0.39, 0.29) is 5.91 Å². The highest BCUT2D eigenvalue weighted by Gasteiger charge is 2.18. The van der Waals surface area contributed by atoms with Crippen LogP contribution >= 0.6 is 0 Å². The van der Waals surface area contributed by atoms with Crippen molar-refractivity contribution in [2.75, 3.05) is 12.4 Å². The Kier molecular flexibility index (Phi) is 5.70. The van der Waals surface area contributed by atoms with Crippen LogP contribution in [0, 0.1) is 12.8 Å². The topological polar surface area (TPSA) is 81.4 Å². The highest BCUT2D eigenvalue weighted by Crippen LogP contribution is 2.20. The highest BCUT2D eigenvalue weighted by atomic mass is 16.5. The molecule has 0 heterocycles. The minimum atomic E-state index is -0.559. The van der Waals surface area contributed by atoms with E-state index in [1.165, 1.54) is 7.11 Å². The zero-order chi connectivity index (χ0) is 15.3. The van der Waals surface area contributed by atoms with Crippen LogP contribution in [0.25, 0.3) is 0 Å². The molecule has 0 saturated carbocycles. The summed E-state index contributed by atoms with van der Waals surface area (Å²) in [6, 6.07) is 4.53. The Morgan fingerprint density at radius 3 is 2.55 bits per heavy atom. The Morgan fingerprint density at radius 1 is 1.35 bits per heavy atom. The summed E-state index contributed by atoms with van der Waals surface area (Å²) in [6.07, 6.45) is 0.613. The van der Waals surface area contributed by atoms with Crippen molar-refractivity contribution >= 4 is 17.6 Å². The molecule has 110 valence electrons. The van der Waals surface area contributed by atoms with E-state index in [0.717, 1.165) is 0 Å². The molecule has 1 rings (SSSR count). The van der Waals surface area contributed by atoms with Gasteiger partial charge in [-0.2, -0.15) is 0 Å². The van der Waals surface area contributed by atoms with Gasteiger partial charge < -0.3 is 15.8 Å². The van der Waals surface area contributed by atoms with E-state index in [0.29, 0.717) is 29.2 Å². The number of anilines is 1. The Balaban J connectivity index is 2.88. The van der Waals surface area contributed by atoms with Gasteiger partial charge in [-0.05, 0) is 37.0 Å². The summed E-state index contributed by atoms with van der Waals surface area (Å²) < 4.78 is 4.70. The summed E-state index contributed by atoms with van der Waals surface area (Å²) in [4.78, 5) is 23.6. The van der Waals surface area contributed by atoms with E-state index in [1.54, 1.807) is 25.1 Å². The second-order valence-corrected chi connectivity index (χ2v) is 5.20. The standard InChI is InChI=1S/C15H22N2O3/c1-9(2)8-12(16)14(18)17-13-7-5-6-11(10(13)3)15(19)20-4/h5-7,9,12H,8,16H2,1-4H3,(H,17,18)/t12-/m1/s1. The molecule has 1 aromatic rings. The number of carbonyl (C=O) groups excluding carboxylic acids is 2. The minimum absolute atomic E-state index is 0.246. The van der Waals surface area contributed by atoms with Gasteiger partial charge in [-0.3, -0.25) is 4.79 Å². The summed E-state index contributed by atoms with van der Waals surface area (Å²) in [5.41, 5.74) is 7.52. The summed E-state index contributed by atoms with van der Waals surface area (Å²) in [5, 5.41) is 2.76. The number of methoxy groups -OCH3 is 1. The molecular weight excluding hydrogens is 256 g/mol. The van der Waals surface area contributed by atoms with Crippen LogP contribution in [-0.2, 0) is 9.53 Å². The number of nitrogens with one attached hydrogen (secondary N) is 1.